The number of hydrogen-bond donors (Lipinski definition) is 0. The lowest BCUT2D eigenvalue weighted by Crippen LogP contribution is -2.20. The molecule has 108 valence electrons. The predicted octanol–water partition coefficient (Wildman–Crippen LogP) is 3.92. The molecular formula is C17H22O3. The molecule has 3 nitrogen and oxygen atoms in total. The van der Waals surface area contributed by atoms with Gasteiger partial charge in [-0.2, -0.15) is 0 Å². The molecular weight excluding hydrogens is 252 g/mol. The maximum atomic E-state index is 11.9. The number of benzene rings is 1. The van der Waals surface area contributed by atoms with Crippen molar-refractivity contribution in [1.29, 1.82) is 0 Å². The molecule has 0 aliphatic heterocycles. The smallest absolute Gasteiger partial charge is 0.306 e. The Labute approximate surface area is 120 Å². The third-order valence-electron chi connectivity index (χ3n) is 3.73. The van der Waals surface area contributed by atoms with E-state index in [0.29, 0.717) is 24.8 Å². The highest BCUT2D eigenvalue weighted by Gasteiger charge is 2.17. The van der Waals surface area contributed by atoms with Crippen LogP contribution >= 0.6 is 0 Å². The van der Waals surface area contributed by atoms with Crippen LogP contribution in [0.25, 0.3) is 0 Å². The molecule has 0 atom stereocenters. The Morgan fingerprint density at radius 2 is 1.70 bits per heavy atom. The molecule has 1 saturated carbocycles. The van der Waals surface area contributed by atoms with Gasteiger partial charge in [-0.3, -0.25) is 9.59 Å². The van der Waals surface area contributed by atoms with Gasteiger partial charge < -0.3 is 4.74 Å². The lowest BCUT2D eigenvalue weighted by molar-refractivity contribution is -0.150. The largest absolute Gasteiger partial charge is 0.462 e. The highest BCUT2D eigenvalue weighted by molar-refractivity contribution is 5.96. The fourth-order valence-corrected chi connectivity index (χ4v) is 2.59. The Kier molecular flexibility index (Phi) is 5.78. The van der Waals surface area contributed by atoms with Crippen molar-refractivity contribution in [2.75, 3.05) is 0 Å². The summed E-state index contributed by atoms with van der Waals surface area (Å²) in [7, 11) is 0. The van der Waals surface area contributed by atoms with Crippen LogP contribution in [0.3, 0.4) is 0 Å². The first-order valence-corrected chi connectivity index (χ1v) is 7.53. The molecule has 0 bridgehead atoms. The summed E-state index contributed by atoms with van der Waals surface area (Å²) in [6.07, 6.45) is 6.98. The molecule has 1 fully saturated rings. The molecule has 0 aromatic heterocycles. The minimum absolute atomic E-state index is 0.0936. The average Bonchev–Trinajstić information content (AvgIpc) is 2.49. The Balaban J connectivity index is 1.65. The summed E-state index contributed by atoms with van der Waals surface area (Å²) in [4.78, 5) is 23.6. The van der Waals surface area contributed by atoms with E-state index in [4.69, 9.17) is 4.74 Å². The van der Waals surface area contributed by atoms with Gasteiger partial charge in [0, 0.05) is 18.4 Å². The predicted molar refractivity (Wildman–Crippen MR) is 77.6 cm³/mol. The molecule has 3 heteroatoms. The van der Waals surface area contributed by atoms with Gasteiger partial charge in [0.15, 0.2) is 5.78 Å². The van der Waals surface area contributed by atoms with Gasteiger partial charge in [0.1, 0.15) is 6.10 Å². The maximum absolute atomic E-state index is 11.9. The van der Waals surface area contributed by atoms with Gasteiger partial charge in [0.2, 0.25) is 0 Å². The number of carbonyl (C=O) groups is 2. The summed E-state index contributed by atoms with van der Waals surface area (Å²) in [5, 5.41) is 0. The second-order valence-corrected chi connectivity index (χ2v) is 5.39. The van der Waals surface area contributed by atoms with Crippen LogP contribution in [0.15, 0.2) is 30.3 Å². The quantitative estimate of drug-likeness (QED) is 0.583. The van der Waals surface area contributed by atoms with Gasteiger partial charge in [-0.1, -0.05) is 36.8 Å². The van der Waals surface area contributed by atoms with E-state index in [-0.39, 0.29) is 17.9 Å². The molecule has 0 spiro atoms. The van der Waals surface area contributed by atoms with E-state index in [9.17, 15) is 9.59 Å². The highest BCUT2D eigenvalue weighted by Crippen LogP contribution is 2.21. The number of ketones is 1. The molecule has 0 amide bonds. The molecule has 1 aliphatic rings. The standard InChI is InChI=1S/C17H22O3/c18-16(14-8-3-1-4-9-14)12-7-13-17(19)20-15-10-5-2-6-11-15/h1,3-4,8-9,15H,2,5-7,10-13H2. The molecule has 20 heavy (non-hydrogen) atoms. The van der Waals surface area contributed by atoms with E-state index < -0.39 is 0 Å². The van der Waals surface area contributed by atoms with Crippen molar-refractivity contribution in [1.82, 2.24) is 0 Å². The lowest BCUT2D eigenvalue weighted by Gasteiger charge is -2.21. The number of Topliss-reactive ketones (excluding diaryl/α,β-unsaturated/α-hetero) is 1. The van der Waals surface area contributed by atoms with Crippen LogP contribution in [0.5, 0.6) is 0 Å². The zero-order valence-corrected chi connectivity index (χ0v) is 11.8. The van der Waals surface area contributed by atoms with Crippen LogP contribution < -0.4 is 0 Å². The zero-order chi connectivity index (χ0) is 14.2. The topological polar surface area (TPSA) is 43.4 Å². The molecule has 0 saturated heterocycles. The van der Waals surface area contributed by atoms with Crippen LogP contribution in [0.2, 0.25) is 0 Å². The van der Waals surface area contributed by atoms with Gasteiger partial charge in [-0.25, -0.2) is 0 Å². The van der Waals surface area contributed by atoms with Crippen LogP contribution in [-0.4, -0.2) is 17.9 Å². The Bertz CT molecular complexity index is 433. The fourth-order valence-electron chi connectivity index (χ4n) is 2.59. The SMILES string of the molecule is O=C(CCCC(=O)c1ccccc1)OC1CCCCC1. The maximum Gasteiger partial charge on any atom is 0.306 e. The van der Waals surface area contributed by atoms with Crippen LogP contribution in [-0.2, 0) is 9.53 Å². The Hall–Kier alpha value is -1.64. The summed E-state index contributed by atoms with van der Waals surface area (Å²) in [5.41, 5.74) is 0.716. The van der Waals surface area contributed by atoms with Crippen molar-refractivity contribution >= 4 is 11.8 Å². The normalized spacial score (nSPS) is 15.8. The summed E-state index contributed by atoms with van der Waals surface area (Å²) in [6.45, 7) is 0. The van der Waals surface area contributed by atoms with Crippen LogP contribution in [0, 0.1) is 0 Å². The first-order valence-electron chi connectivity index (χ1n) is 7.53. The van der Waals surface area contributed by atoms with Crippen molar-refractivity contribution in [2.24, 2.45) is 0 Å². The number of ether oxygens (including phenoxy) is 1. The number of rotatable bonds is 6. The van der Waals surface area contributed by atoms with Gasteiger partial charge in [0.25, 0.3) is 0 Å². The molecule has 0 radical (unpaired) electrons. The van der Waals surface area contributed by atoms with E-state index in [1.54, 1.807) is 0 Å². The molecule has 0 N–H and O–H groups in total. The summed E-state index contributed by atoms with van der Waals surface area (Å²) >= 11 is 0. The number of hydrogen-bond acceptors (Lipinski definition) is 3. The van der Waals surface area contributed by atoms with Gasteiger partial charge in [-0.05, 0) is 32.1 Å². The zero-order valence-electron chi connectivity index (χ0n) is 11.8. The van der Waals surface area contributed by atoms with Crippen molar-refractivity contribution < 1.29 is 14.3 Å². The minimum Gasteiger partial charge on any atom is -0.462 e. The van der Waals surface area contributed by atoms with Crippen molar-refractivity contribution in [2.45, 2.75) is 57.5 Å². The van der Waals surface area contributed by atoms with E-state index in [1.807, 2.05) is 30.3 Å². The molecule has 2 rings (SSSR count). The third kappa shape index (κ3) is 4.80. The fraction of sp³-hybridized carbons (Fsp3) is 0.529. The molecule has 1 aliphatic carbocycles. The molecule has 0 unspecified atom stereocenters. The lowest BCUT2D eigenvalue weighted by atomic mass is 9.98. The first-order chi connectivity index (χ1) is 9.75. The average molecular weight is 274 g/mol. The molecule has 0 heterocycles. The molecule has 1 aromatic carbocycles. The summed E-state index contributed by atoms with van der Waals surface area (Å²) in [5.74, 6) is -0.0613. The van der Waals surface area contributed by atoms with Crippen molar-refractivity contribution in [3.8, 4) is 0 Å². The van der Waals surface area contributed by atoms with Gasteiger partial charge in [0.05, 0.1) is 0 Å². The van der Waals surface area contributed by atoms with Gasteiger partial charge in [-0.15, -0.1) is 0 Å². The highest BCUT2D eigenvalue weighted by atomic mass is 16.5. The second kappa shape index (κ2) is 7.83. The van der Waals surface area contributed by atoms with E-state index in [1.165, 1.54) is 6.42 Å². The Morgan fingerprint density at radius 3 is 2.40 bits per heavy atom. The van der Waals surface area contributed by atoms with E-state index >= 15 is 0 Å². The van der Waals surface area contributed by atoms with E-state index in [2.05, 4.69) is 0 Å². The van der Waals surface area contributed by atoms with Crippen molar-refractivity contribution in [3.05, 3.63) is 35.9 Å². The van der Waals surface area contributed by atoms with Crippen molar-refractivity contribution in [3.63, 3.8) is 0 Å². The monoisotopic (exact) mass is 274 g/mol. The first kappa shape index (κ1) is 14.8. The summed E-state index contributed by atoms with van der Waals surface area (Å²) in [6, 6.07) is 9.21. The third-order valence-corrected chi connectivity index (χ3v) is 3.73. The minimum atomic E-state index is -0.155. The summed E-state index contributed by atoms with van der Waals surface area (Å²) < 4.78 is 5.43. The van der Waals surface area contributed by atoms with Crippen LogP contribution in [0.1, 0.15) is 61.7 Å². The molecule has 1 aromatic rings. The van der Waals surface area contributed by atoms with Crippen LogP contribution in [0.4, 0.5) is 0 Å². The van der Waals surface area contributed by atoms with E-state index in [0.717, 1.165) is 25.7 Å². The van der Waals surface area contributed by atoms with Gasteiger partial charge >= 0.3 is 5.97 Å². The number of esters is 1. The second-order valence-electron chi connectivity index (χ2n) is 5.39. The number of carbonyl (C=O) groups excluding carboxylic acids is 2. The Morgan fingerprint density at radius 1 is 1.00 bits per heavy atom.